The van der Waals surface area contributed by atoms with Gasteiger partial charge in [-0.15, -0.1) is 22.7 Å². The number of piperidine rings is 1. The smallest absolute Gasteiger partial charge is 0.385 e. The van der Waals surface area contributed by atoms with Crippen molar-refractivity contribution in [3.8, 4) is 10.6 Å². The number of hydrogen-bond donors (Lipinski definition) is 2. The van der Waals surface area contributed by atoms with E-state index in [9.17, 15) is 23.1 Å². The van der Waals surface area contributed by atoms with E-state index in [1.54, 1.807) is 28.4 Å². The highest BCUT2D eigenvalue weighted by molar-refractivity contribution is 7.16. The first kappa shape index (κ1) is 26.3. The molecule has 0 spiro atoms. The monoisotopic (exact) mass is 559 g/mol. The summed E-state index contributed by atoms with van der Waals surface area (Å²) in [4.78, 5) is 29.1. The molecular weight excluding hydrogens is 535 g/mol. The van der Waals surface area contributed by atoms with Crippen LogP contribution in [-0.4, -0.2) is 44.0 Å². The largest absolute Gasteiger partial charge is 0.416 e. The predicted octanol–water partition coefficient (Wildman–Crippen LogP) is 6.16. The molecule has 0 aliphatic carbocycles. The fraction of sp³-hybridized carbons (Fsp3) is 0.308. The molecule has 1 aromatic carbocycles. The molecule has 1 saturated heterocycles. The van der Waals surface area contributed by atoms with Gasteiger partial charge in [-0.2, -0.15) is 13.2 Å². The van der Waals surface area contributed by atoms with Crippen LogP contribution < -0.4 is 5.32 Å². The number of aliphatic hydroxyl groups is 1. The number of amides is 1. The zero-order valence-electron chi connectivity index (χ0n) is 20.5. The first-order valence-electron chi connectivity index (χ1n) is 11.8. The maximum Gasteiger partial charge on any atom is 0.416 e. The Bertz CT molecular complexity index is 1440. The molecule has 0 atom stereocenters. The zero-order valence-corrected chi connectivity index (χ0v) is 22.2. The summed E-state index contributed by atoms with van der Waals surface area (Å²) in [6.07, 6.45) is -2.49. The van der Waals surface area contributed by atoms with Gasteiger partial charge in [-0.3, -0.25) is 4.79 Å². The molecule has 1 aliphatic heterocycles. The van der Waals surface area contributed by atoms with Gasteiger partial charge in [-0.1, -0.05) is 12.1 Å². The van der Waals surface area contributed by atoms with Crippen LogP contribution in [0.4, 0.5) is 24.1 Å². The van der Waals surface area contributed by atoms with Crippen molar-refractivity contribution in [2.24, 2.45) is 0 Å². The van der Waals surface area contributed by atoms with E-state index in [2.05, 4.69) is 20.3 Å². The number of carbonyl (C=O) groups is 1. The second kappa shape index (κ2) is 10.1. The van der Waals surface area contributed by atoms with E-state index < -0.39 is 17.3 Å². The number of hydrogen-bond acceptors (Lipinski definition) is 8. The minimum absolute atomic E-state index is 0.217. The Labute approximate surface area is 225 Å². The quantitative estimate of drug-likeness (QED) is 0.304. The number of nitrogens with one attached hydrogen (secondary N) is 1. The average molecular weight is 560 g/mol. The summed E-state index contributed by atoms with van der Waals surface area (Å²) in [6, 6.07) is 7.94. The third-order valence-corrected chi connectivity index (χ3v) is 8.37. The van der Waals surface area contributed by atoms with Gasteiger partial charge in [0.1, 0.15) is 5.82 Å². The molecule has 0 saturated carbocycles. The number of likely N-dealkylation sites (tertiary alicyclic amines) is 1. The minimum atomic E-state index is -4.43. The van der Waals surface area contributed by atoms with E-state index in [0.717, 1.165) is 33.4 Å². The Hall–Kier alpha value is -3.35. The van der Waals surface area contributed by atoms with Gasteiger partial charge in [0.2, 0.25) is 0 Å². The number of nitrogens with zero attached hydrogens (tertiary/aromatic N) is 4. The standard InChI is InChI=1S/C26H24F3N5O2S2/c1-15-22(38-16(2)31-15)20-14-37-24(32-20)33-21-8-3-17(13-30-21)23(35)34-11-9-25(36,10-12-34)18-4-6-19(7-5-18)26(27,28)29/h3-8,13-14,36H,9-12H2,1-2H3,(H,30,32,33). The minimum Gasteiger partial charge on any atom is -0.385 e. The summed E-state index contributed by atoms with van der Waals surface area (Å²) in [5.74, 6) is 0.334. The molecule has 0 unspecified atom stereocenters. The molecule has 1 fully saturated rings. The molecular formula is C26H24F3N5O2S2. The molecule has 4 aromatic rings. The van der Waals surface area contributed by atoms with Crippen molar-refractivity contribution >= 4 is 39.5 Å². The number of thiazole rings is 2. The van der Waals surface area contributed by atoms with E-state index in [1.807, 2.05) is 19.2 Å². The summed E-state index contributed by atoms with van der Waals surface area (Å²) < 4.78 is 38.6. The van der Waals surface area contributed by atoms with E-state index in [4.69, 9.17) is 0 Å². The third kappa shape index (κ3) is 5.42. The first-order chi connectivity index (χ1) is 18.0. The lowest BCUT2D eigenvalue weighted by Crippen LogP contribution is -2.45. The fourth-order valence-electron chi connectivity index (χ4n) is 4.43. The van der Waals surface area contributed by atoms with Crippen LogP contribution in [0, 0.1) is 13.8 Å². The van der Waals surface area contributed by atoms with Gasteiger partial charge in [0.25, 0.3) is 5.91 Å². The van der Waals surface area contributed by atoms with Crippen molar-refractivity contribution < 1.29 is 23.1 Å². The van der Waals surface area contributed by atoms with Crippen molar-refractivity contribution in [3.05, 3.63) is 75.4 Å². The third-order valence-electron chi connectivity index (χ3n) is 6.51. The van der Waals surface area contributed by atoms with Crippen LogP contribution in [0.15, 0.2) is 48.0 Å². The van der Waals surface area contributed by atoms with E-state index >= 15 is 0 Å². The lowest BCUT2D eigenvalue weighted by Gasteiger charge is -2.38. The molecule has 2 N–H and O–H groups in total. The number of alkyl halides is 3. The first-order valence-corrected chi connectivity index (χ1v) is 13.5. The number of carbonyl (C=O) groups excluding carboxylic acids is 1. The molecule has 38 heavy (non-hydrogen) atoms. The van der Waals surface area contributed by atoms with Crippen LogP contribution >= 0.6 is 22.7 Å². The highest BCUT2D eigenvalue weighted by Gasteiger charge is 2.37. The normalized spacial score (nSPS) is 15.5. The molecule has 4 heterocycles. The van der Waals surface area contributed by atoms with Gasteiger partial charge in [-0.05, 0) is 56.5 Å². The number of pyridine rings is 1. The predicted molar refractivity (Wildman–Crippen MR) is 141 cm³/mol. The molecule has 1 aliphatic rings. The van der Waals surface area contributed by atoms with Gasteiger partial charge in [0.05, 0.1) is 38.0 Å². The highest BCUT2D eigenvalue weighted by Crippen LogP contribution is 2.36. The van der Waals surface area contributed by atoms with Crippen molar-refractivity contribution in [3.63, 3.8) is 0 Å². The molecule has 0 radical (unpaired) electrons. The molecule has 7 nitrogen and oxygen atoms in total. The Morgan fingerprint density at radius 3 is 2.37 bits per heavy atom. The number of aromatic nitrogens is 3. The lowest BCUT2D eigenvalue weighted by atomic mass is 9.84. The van der Waals surface area contributed by atoms with Gasteiger partial charge < -0.3 is 15.3 Å². The van der Waals surface area contributed by atoms with Gasteiger partial charge in [-0.25, -0.2) is 15.0 Å². The molecule has 0 bridgehead atoms. The number of halogens is 3. The summed E-state index contributed by atoms with van der Waals surface area (Å²) in [5.41, 5.74) is 0.584. The summed E-state index contributed by atoms with van der Waals surface area (Å²) in [6.45, 7) is 4.46. The Kier molecular flexibility index (Phi) is 6.97. The Balaban J connectivity index is 1.19. The lowest BCUT2D eigenvalue weighted by molar-refractivity contribution is -0.137. The Morgan fingerprint density at radius 1 is 1.08 bits per heavy atom. The van der Waals surface area contributed by atoms with Crippen molar-refractivity contribution in [1.82, 2.24) is 19.9 Å². The van der Waals surface area contributed by atoms with Gasteiger partial charge >= 0.3 is 6.18 Å². The second-order valence-corrected chi connectivity index (χ2v) is 11.2. The maximum atomic E-state index is 13.0. The molecule has 5 rings (SSSR count). The summed E-state index contributed by atoms with van der Waals surface area (Å²) in [5, 5.41) is 17.8. The molecule has 12 heteroatoms. The summed E-state index contributed by atoms with van der Waals surface area (Å²) in [7, 11) is 0. The molecule has 198 valence electrons. The zero-order chi connectivity index (χ0) is 27.1. The van der Waals surface area contributed by atoms with Crippen molar-refractivity contribution in [2.75, 3.05) is 18.4 Å². The number of benzene rings is 1. The van der Waals surface area contributed by atoms with Crippen molar-refractivity contribution in [2.45, 2.75) is 38.5 Å². The Morgan fingerprint density at radius 2 is 1.79 bits per heavy atom. The highest BCUT2D eigenvalue weighted by atomic mass is 32.1. The number of rotatable bonds is 5. The SMILES string of the molecule is Cc1nc(C)c(-c2csc(Nc3ccc(C(=O)N4CCC(O)(c5ccc(C(F)(F)F)cc5)CC4)cn3)n2)s1. The second-order valence-electron chi connectivity index (χ2n) is 9.14. The van der Waals surface area contributed by atoms with Crippen LogP contribution in [0.25, 0.3) is 10.6 Å². The van der Waals surface area contributed by atoms with Crippen LogP contribution in [0.5, 0.6) is 0 Å². The van der Waals surface area contributed by atoms with E-state index in [0.29, 0.717) is 22.1 Å². The molecule has 1 amide bonds. The number of aryl methyl sites for hydroxylation is 2. The fourth-order valence-corrected chi connectivity index (χ4v) is 6.09. The van der Waals surface area contributed by atoms with Gasteiger partial charge in [0, 0.05) is 24.7 Å². The molecule has 3 aromatic heterocycles. The number of anilines is 2. The van der Waals surface area contributed by atoms with Crippen LogP contribution in [0.1, 0.15) is 45.0 Å². The van der Waals surface area contributed by atoms with E-state index in [-0.39, 0.29) is 31.8 Å². The maximum absolute atomic E-state index is 13.0. The van der Waals surface area contributed by atoms with Gasteiger partial charge in [0.15, 0.2) is 5.13 Å². The topological polar surface area (TPSA) is 91.2 Å². The van der Waals surface area contributed by atoms with Crippen LogP contribution in [-0.2, 0) is 11.8 Å². The van der Waals surface area contributed by atoms with Crippen LogP contribution in [0.2, 0.25) is 0 Å². The van der Waals surface area contributed by atoms with Crippen LogP contribution in [0.3, 0.4) is 0 Å². The summed E-state index contributed by atoms with van der Waals surface area (Å²) >= 11 is 3.05. The average Bonchev–Trinajstić information content (AvgIpc) is 3.49. The van der Waals surface area contributed by atoms with E-state index in [1.165, 1.54) is 29.7 Å². The van der Waals surface area contributed by atoms with Crippen molar-refractivity contribution in [1.29, 1.82) is 0 Å².